The summed E-state index contributed by atoms with van der Waals surface area (Å²) in [6.07, 6.45) is 8.88. The number of carboxylic acid groups (broad SMARTS) is 1. The molecule has 0 saturated heterocycles. The minimum atomic E-state index is -1.04. The van der Waals surface area contributed by atoms with Crippen molar-refractivity contribution in [3.05, 3.63) is 18.1 Å². The fraction of sp³-hybridized carbons (Fsp3) is 0.615. The highest BCUT2D eigenvalue weighted by Gasteiger charge is 2.22. The molecule has 0 aromatic carbocycles. The number of carboxylic acids is 1. The Hall–Kier alpha value is -1.65. The first-order valence-electron chi connectivity index (χ1n) is 6.49. The summed E-state index contributed by atoms with van der Waals surface area (Å²) >= 11 is 0. The molecule has 1 aromatic rings. The van der Waals surface area contributed by atoms with Crippen molar-refractivity contribution in [1.29, 1.82) is 0 Å². The Balaban J connectivity index is 2.14. The van der Waals surface area contributed by atoms with E-state index in [1.807, 2.05) is 0 Å². The summed E-state index contributed by atoms with van der Waals surface area (Å²) in [6, 6.07) is 0.294. The van der Waals surface area contributed by atoms with E-state index in [0.29, 0.717) is 17.8 Å². The fourth-order valence-electron chi connectivity index (χ4n) is 2.48. The standard InChI is InChI=1S/C13H19N3O2/c1-9-5-3-2-4-6-10(9)16-12-11(13(17)18)14-7-8-15-12/h7-10H,2-6H2,1H3,(H,15,16)(H,17,18). The minimum absolute atomic E-state index is 0.00828. The average molecular weight is 249 g/mol. The lowest BCUT2D eigenvalue weighted by molar-refractivity contribution is 0.0691. The lowest BCUT2D eigenvalue weighted by Crippen LogP contribution is -2.28. The van der Waals surface area contributed by atoms with Crippen molar-refractivity contribution in [3.63, 3.8) is 0 Å². The van der Waals surface area contributed by atoms with E-state index in [1.54, 1.807) is 0 Å². The molecule has 2 rings (SSSR count). The van der Waals surface area contributed by atoms with Crippen LogP contribution in [0.15, 0.2) is 12.4 Å². The van der Waals surface area contributed by atoms with Crippen LogP contribution in [0, 0.1) is 5.92 Å². The van der Waals surface area contributed by atoms with Gasteiger partial charge < -0.3 is 10.4 Å². The van der Waals surface area contributed by atoms with Crippen molar-refractivity contribution in [1.82, 2.24) is 9.97 Å². The third-order valence-corrected chi connectivity index (χ3v) is 3.58. The Bertz CT molecular complexity index is 422. The zero-order valence-corrected chi connectivity index (χ0v) is 10.6. The number of carbonyl (C=O) groups is 1. The van der Waals surface area contributed by atoms with Crippen LogP contribution >= 0.6 is 0 Å². The average Bonchev–Trinajstić information content (AvgIpc) is 2.55. The van der Waals surface area contributed by atoms with Crippen molar-refractivity contribution in [2.75, 3.05) is 5.32 Å². The van der Waals surface area contributed by atoms with Gasteiger partial charge in [-0.15, -0.1) is 0 Å². The van der Waals surface area contributed by atoms with Crippen LogP contribution in [0.25, 0.3) is 0 Å². The van der Waals surface area contributed by atoms with E-state index >= 15 is 0 Å². The van der Waals surface area contributed by atoms with Crippen LogP contribution in [-0.2, 0) is 0 Å². The maximum atomic E-state index is 11.1. The van der Waals surface area contributed by atoms with E-state index in [2.05, 4.69) is 22.2 Å². The molecule has 1 heterocycles. The van der Waals surface area contributed by atoms with Crippen molar-refractivity contribution < 1.29 is 9.90 Å². The number of hydrogen-bond donors (Lipinski definition) is 2. The van der Waals surface area contributed by atoms with Gasteiger partial charge in [0.25, 0.3) is 0 Å². The maximum Gasteiger partial charge on any atom is 0.358 e. The molecule has 2 unspecified atom stereocenters. The van der Waals surface area contributed by atoms with Crippen molar-refractivity contribution in [2.45, 2.75) is 45.1 Å². The highest BCUT2D eigenvalue weighted by molar-refractivity contribution is 5.90. The Kier molecular flexibility index (Phi) is 4.12. The van der Waals surface area contributed by atoms with Crippen LogP contribution in [0.4, 0.5) is 5.82 Å². The summed E-state index contributed by atoms with van der Waals surface area (Å²) in [4.78, 5) is 19.0. The summed E-state index contributed by atoms with van der Waals surface area (Å²) in [5.74, 6) is -0.105. The van der Waals surface area contributed by atoms with Gasteiger partial charge in [0.05, 0.1) is 0 Å². The molecule has 2 N–H and O–H groups in total. The zero-order chi connectivity index (χ0) is 13.0. The number of hydrogen-bond acceptors (Lipinski definition) is 4. The van der Waals surface area contributed by atoms with Crippen molar-refractivity contribution in [2.24, 2.45) is 5.92 Å². The van der Waals surface area contributed by atoms with Crippen molar-refractivity contribution in [3.8, 4) is 0 Å². The van der Waals surface area contributed by atoms with Gasteiger partial charge >= 0.3 is 5.97 Å². The molecule has 0 aliphatic heterocycles. The van der Waals surface area contributed by atoms with Crippen molar-refractivity contribution >= 4 is 11.8 Å². The van der Waals surface area contributed by atoms with Gasteiger partial charge in [-0.1, -0.05) is 26.2 Å². The molecule has 98 valence electrons. The number of anilines is 1. The SMILES string of the molecule is CC1CCCCCC1Nc1nccnc1C(=O)O. The molecule has 5 nitrogen and oxygen atoms in total. The Labute approximate surface area is 107 Å². The second-order valence-corrected chi connectivity index (χ2v) is 4.92. The fourth-order valence-corrected chi connectivity index (χ4v) is 2.48. The topological polar surface area (TPSA) is 75.1 Å². The van der Waals surface area contributed by atoms with Gasteiger partial charge in [-0.3, -0.25) is 0 Å². The predicted octanol–water partition coefficient (Wildman–Crippen LogP) is 2.56. The van der Waals surface area contributed by atoms with E-state index in [-0.39, 0.29) is 5.69 Å². The van der Waals surface area contributed by atoms with E-state index in [1.165, 1.54) is 38.1 Å². The molecule has 1 fully saturated rings. The molecule has 0 spiro atoms. The highest BCUT2D eigenvalue weighted by atomic mass is 16.4. The first kappa shape index (κ1) is 12.8. The monoisotopic (exact) mass is 249 g/mol. The molecule has 1 aliphatic rings. The molecule has 0 amide bonds. The molecule has 5 heteroatoms. The maximum absolute atomic E-state index is 11.1. The summed E-state index contributed by atoms with van der Waals surface area (Å²) in [6.45, 7) is 2.21. The third kappa shape index (κ3) is 2.97. The Morgan fingerprint density at radius 2 is 2.00 bits per heavy atom. The van der Waals surface area contributed by atoms with Crippen LogP contribution < -0.4 is 5.32 Å². The van der Waals surface area contributed by atoms with Gasteiger partial charge in [0.2, 0.25) is 0 Å². The van der Waals surface area contributed by atoms with Crippen LogP contribution in [0.2, 0.25) is 0 Å². The summed E-state index contributed by atoms with van der Waals surface area (Å²) in [5.41, 5.74) is 0.00828. The third-order valence-electron chi connectivity index (χ3n) is 3.58. The first-order valence-corrected chi connectivity index (χ1v) is 6.49. The molecular weight excluding hydrogens is 230 g/mol. The lowest BCUT2D eigenvalue weighted by atomic mass is 9.97. The highest BCUT2D eigenvalue weighted by Crippen LogP contribution is 2.25. The predicted molar refractivity (Wildman–Crippen MR) is 68.7 cm³/mol. The van der Waals surface area contributed by atoms with Gasteiger partial charge in [-0.25, -0.2) is 14.8 Å². The van der Waals surface area contributed by atoms with E-state index in [4.69, 9.17) is 5.11 Å². The molecule has 0 bridgehead atoms. The molecule has 1 saturated carbocycles. The number of aromatic carboxylic acids is 1. The van der Waals surface area contributed by atoms with E-state index in [9.17, 15) is 4.79 Å². The minimum Gasteiger partial charge on any atom is -0.476 e. The summed E-state index contributed by atoms with van der Waals surface area (Å²) < 4.78 is 0. The van der Waals surface area contributed by atoms with Gasteiger partial charge in [0, 0.05) is 18.4 Å². The van der Waals surface area contributed by atoms with E-state index in [0.717, 1.165) is 6.42 Å². The second kappa shape index (κ2) is 5.80. The van der Waals surface area contributed by atoms with Gasteiger partial charge in [0.1, 0.15) is 0 Å². The molecule has 18 heavy (non-hydrogen) atoms. The first-order chi connectivity index (χ1) is 8.68. The normalized spacial score (nSPS) is 24.3. The second-order valence-electron chi connectivity index (χ2n) is 4.92. The van der Waals surface area contributed by atoms with Crippen LogP contribution in [0.1, 0.15) is 49.5 Å². The van der Waals surface area contributed by atoms with Gasteiger partial charge in [0.15, 0.2) is 11.5 Å². The molecular formula is C13H19N3O2. The number of aromatic nitrogens is 2. The number of nitrogens with zero attached hydrogens (tertiary/aromatic N) is 2. The smallest absolute Gasteiger partial charge is 0.358 e. The Morgan fingerprint density at radius 1 is 1.28 bits per heavy atom. The zero-order valence-electron chi connectivity index (χ0n) is 10.6. The van der Waals surface area contributed by atoms with Gasteiger partial charge in [-0.05, 0) is 18.8 Å². The largest absolute Gasteiger partial charge is 0.476 e. The number of rotatable bonds is 3. The molecule has 1 aromatic heterocycles. The van der Waals surface area contributed by atoms with Crippen LogP contribution in [-0.4, -0.2) is 27.1 Å². The Morgan fingerprint density at radius 3 is 2.78 bits per heavy atom. The summed E-state index contributed by atoms with van der Waals surface area (Å²) in [7, 11) is 0. The van der Waals surface area contributed by atoms with Crippen LogP contribution in [0.3, 0.4) is 0 Å². The molecule has 2 atom stereocenters. The van der Waals surface area contributed by atoms with E-state index < -0.39 is 5.97 Å². The quantitative estimate of drug-likeness (QED) is 0.805. The number of nitrogens with one attached hydrogen (secondary N) is 1. The molecule has 0 radical (unpaired) electrons. The van der Waals surface area contributed by atoms with Gasteiger partial charge in [-0.2, -0.15) is 0 Å². The lowest BCUT2D eigenvalue weighted by Gasteiger charge is -2.23. The molecule has 1 aliphatic carbocycles. The summed E-state index contributed by atoms with van der Waals surface area (Å²) in [5, 5.41) is 12.3. The van der Waals surface area contributed by atoms with Crippen LogP contribution in [0.5, 0.6) is 0 Å².